The Hall–Kier alpha value is -2.10. The molecule has 1 spiro atoms. The maximum Gasteiger partial charge on any atom is 0.234 e. The van der Waals surface area contributed by atoms with E-state index in [2.05, 4.69) is 11.2 Å². The van der Waals surface area contributed by atoms with Crippen molar-refractivity contribution >= 4 is 27.8 Å². The van der Waals surface area contributed by atoms with E-state index in [9.17, 15) is 4.79 Å². The average Bonchev–Trinajstić information content (AvgIpc) is 2.94. The molecule has 5 rings (SSSR count). The molecule has 0 aliphatic heterocycles. The fourth-order valence-electron chi connectivity index (χ4n) is 4.57. The van der Waals surface area contributed by atoms with E-state index in [1.165, 1.54) is 19.3 Å². The molecule has 4 nitrogen and oxygen atoms in total. The van der Waals surface area contributed by atoms with Crippen molar-refractivity contribution in [1.82, 2.24) is 14.3 Å². The van der Waals surface area contributed by atoms with E-state index in [-0.39, 0.29) is 11.8 Å². The molecule has 2 aliphatic carbocycles. The minimum atomic E-state index is 0.194. The van der Waals surface area contributed by atoms with Crippen LogP contribution in [0.3, 0.4) is 0 Å². The molecule has 2 aromatic heterocycles. The van der Waals surface area contributed by atoms with Gasteiger partial charge in [0.2, 0.25) is 5.91 Å². The Kier molecular flexibility index (Phi) is 2.26. The van der Waals surface area contributed by atoms with Crippen LogP contribution in [-0.2, 0) is 7.05 Å². The Morgan fingerprint density at radius 2 is 2.00 bits per heavy atom. The fraction of sp³-hybridized carbons (Fsp3) is 0.444. The van der Waals surface area contributed by atoms with Crippen molar-refractivity contribution in [3.05, 3.63) is 30.5 Å². The first-order chi connectivity index (χ1) is 10.7. The molecule has 112 valence electrons. The highest BCUT2D eigenvalue weighted by atomic mass is 16.2. The summed E-state index contributed by atoms with van der Waals surface area (Å²) in [5.41, 5.74) is 3.55. The van der Waals surface area contributed by atoms with Crippen LogP contribution in [0.2, 0.25) is 0 Å². The van der Waals surface area contributed by atoms with Gasteiger partial charge >= 0.3 is 0 Å². The number of aromatic nitrogens is 3. The number of carbonyl (C=O) groups excluding carboxylic acids is 1. The molecule has 0 radical (unpaired) electrons. The predicted molar refractivity (Wildman–Crippen MR) is 85.8 cm³/mol. The van der Waals surface area contributed by atoms with Gasteiger partial charge in [-0.05, 0) is 37.2 Å². The van der Waals surface area contributed by atoms with Crippen LogP contribution in [0, 0.1) is 11.3 Å². The monoisotopic (exact) mass is 293 g/mol. The van der Waals surface area contributed by atoms with Crippen LogP contribution in [0.1, 0.15) is 36.9 Å². The third-order valence-corrected chi connectivity index (χ3v) is 5.90. The maximum atomic E-state index is 13.1. The van der Waals surface area contributed by atoms with Gasteiger partial charge in [0.1, 0.15) is 0 Å². The maximum absolute atomic E-state index is 13.1. The van der Waals surface area contributed by atoms with Crippen LogP contribution < -0.4 is 0 Å². The predicted octanol–water partition coefficient (Wildman–Crippen LogP) is 3.75. The third-order valence-electron chi connectivity index (χ3n) is 5.90. The molecule has 22 heavy (non-hydrogen) atoms. The van der Waals surface area contributed by atoms with Gasteiger partial charge in [0.15, 0.2) is 0 Å². The molecule has 2 aliphatic rings. The van der Waals surface area contributed by atoms with Crippen LogP contribution in [0.4, 0.5) is 0 Å². The molecule has 1 aromatic carbocycles. The molecular weight excluding hydrogens is 274 g/mol. The Morgan fingerprint density at radius 3 is 2.73 bits per heavy atom. The van der Waals surface area contributed by atoms with Crippen LogP contribution in [0.15, 0.2) is 30.5 Å². The summed E-state index contributed by atoms with van der Waals surface area (Å²) in [6.45, 7) is 0. The van der Waals surface area contributed by atoms with E-state index in [1.807, 2.05) is 40.7 Å². The number of benzene rings is 1. The number of rotatable bonds is 1. The van der Waals surface area contributed by atoms with Gasteiger partial charge in [0.05, 0.1) is 22.7 Å². The molecule has 4 heteroatoms. The molecule has 2 saturated carbocycles. The van der Waals surface area contributed by atoms with Gasteiger partial charge in [-0.3, -0.25) is 14.0 Å². The van der Waals surface area contributed by atoms with Crippen LogP contribution in [0.25, 0.3) is 21.9 Å². The largest absolute Gasteiger partial charge is 0.276 e. The molecule has 2 fully saturated rings. The van der Waals surface area contributed by atoms with Crippen molar-refractivity contribution in [2.75, 3.05) is 0 Å². The number of nitrogens with zero attached hydrogens (tertiary/aromatic N) is 3. The Labute approximate surface area is 128 Å². The second kappa shape index (κ2) is 4.00. The number of carbonyl (C=O) groups is 1. The molecule has 0 saturated heterocycles. The summed E-state index contributed by atoms with van der Waals surface area (Å²) in [4.78, 5) is 13.1. The van der Waals surface area contributed by atoms with E-state index in [1.54, 1.807) is 0 Å². The molecule has 0 unspecified atom stereocenters. The van der Waals surface area contributed by atoms with Crippen molar-refractivity contribution in [2.45, 2.75) is 32.1 Å². The van der Waals surface area contributed by atoms with Gasteiger partial charge in [-0.15, -0.1) is 0 Å². The van der Waals surface area contributed by atoms with Gasteiger partial charge in [0, 0.05) is 18.4 Å². The van der Waals surface area contributed by atoms with E-state index in [0.29, 0.717) is 5.41 Å². The van der Waals surface area contributed by atoms with E-state index in [4.69, 9.17) is 0 Å². The van der Waals surface area contributed by atoms with Gasteiger partial charge in [-0.25, -0.2) is 0 Å². The zero-order valence-electron chi connectivity index (χ0n) is 12.7. The van der Waals surface area contributed by atoms with E-state index in [0.717, 1.165) is 34.8 Å². The first kappa shape index (κ1) is 12.4. The minimum Gasteiger partial charge on any atom is -0.276 e. The molecule has 2 heterocycles. The summed E-state index contributed by atoms with van der Waals surface area (Å²) >= 11 is 0. The number of para-hydroxylation sites is 1. The third kappa shape index (κ3) is 1.42. The zero-order chi connectivity index (χ0) is 14.9. The number of fused-ring (bicyclic) bond motifs is 3. The molecule has 0 amide bonds. The van der Waals surface area contributed by atoms with E-state index < -0.39 is 0 Å². The van der Waals surface area contributed by atoms with Crippen molar-refractivity contribution in [1.29, 1.82) is 0 Å². The summed E-state index contributed by atoms with van der Waals surface area (Å²) in [5, 5.41) is 5.47. The lowest BCUT2D eigenvalue weighted by Crippen LogP contribution is -2.46. The lowest BCUT2D eigenvalue weighted by atomic mass is 9.51. The highest BCUT2D eigenvalue weighted by Crippen LogP contribution is 2.59. The molecular formula is C18H19N3O. The summed E-state index contributed by atoms with van der Waals surface area (Å²) in [7, 11) is 1.94. The lowest BCUT2D eigenvalue weighted by molar-refractivity contribution is -0.0185. The molecule has 3 aromatic rings. The Morgan fingerprint density at radius 1 is 1.23 bits per heavy atom. The zero-order valence-corrected chi connectivity index (χ0v) is 12.7. The number of hydrogen-bond donors (Lipinski definition) is 0. The van der Waals surface area contributed by atoms with E-state index >= 15 is 0 Å². The smallest absolute Gasteiger partial charge is 0.234 e. The van der Waals surface area contributed by atoms with Crippen molar-refractivity contribution in [3.8, 4) is 0 Å². The van der Waals surface area contributed by atoms with Crippen molar-refractivity contribution < 1.29 is 4.79 Å². The molecule has 0 N–H and O–H groups in total. The Balaban J connectivity index is 1.64. The highest BCUT2D eigenvalue weighted by molar-refractivity contribution is 6.12. The Bertz CT molecular complexity index is 905. The lowest BCUT2D eigenvalue weighted by Gasteiger charge is -2.53. The number of hydrogen-bond acceptors (Lipinski definition) is 2. The van der Waals surface area contributed by atoms with Crippen molar-refractivity contribution in [3.63, 3.8) is 0 Å². The SMILES string of the molecule is Cn1ncc2c1c1ccccc1n2C(=O)C1CC2(CCC2)C1. The topological polar surface area (TPSA) is 39.8 Å². The highest BCUT2D eigenvalue weighted by Gasteiger charge is 2.51. The first-order valence-electron chi connectivity index (χ1n) is 8.14. The van der Waals surface area contributed by atoms with Crippen LogP contribution in [-0.4, -0.2) is 20.3 Å². The second-order valence-electron chi connectivity index (χ2n) is 7.15. The fourth-order valence-corrected chi connectivity index (χ4v) is 4.57. The average molecular weight is 293 g/mol. The van der Waals surface area contributed by atoms with Gasteiger partial charge in [-0.1, -0.05) is 24.6 Å². The van der Waals surface area contributed by atoms with Crippen LogP contribution in [0.5, 0.6) is 0 Å². The van der Waals surface area contributed by atoms with Gasteiger partial charge in [-0.2, -0.15) is 5.10 Å². The minimum absolute atomic E-state index is 0.194. The summed E-state index contributed by atoms with van der Waals surface area (Å²) in [6.07, 6.45) is 7.99. The number of aryl methyl sites for hydroxylation is 1. The van der Waals surface area contributed by atoms with Crippen LogP contribution >= 0.6 is 0 Å². The van der Waals surface area contributed by atoms with Gasteiger partial charge in [0.25, 0.3) is 0 Å². The molecule has 0 atom stereocenters. The van der Waals surface area contributed by atoms with Gasteiger partial charge < -0.3 is 0 Å². The second-order valence-corrected chi connectivity index (χ2v) is 7.15. The standard InChI is InChI=1S/C18H19N3O/c1-20-16-13-5-2-3-6-14(13)21(15(16)11-19-20)17(22)12-9-18(10-12)7-4-8-18/h2-3,5-6,11-12H,4,7-10H2,1H3. The van der Waals surface area contributed by atoms with Crippen molar-refractivity contribution in [2.24, 2.45) is 18.4 Å². The summed E-state index contributed by atoms with van der Waals surface area (Å²) < 4.78 is 3.78. The molecule has 0 bridgehead atoms. The summed E-state index contributed by atoms with van der Waals surface area (Å²) in [5.74, 6) is 0.455. The normalized spacial score (nSPS) is 20.4. The first-order valence-corrected chi connectivity index (χ1v) is 8.14. The summed E-state index contributed by atoms with van der Waals surface area (Å²) in [6, 6.07) is 8.16. The quantitative estimate of drug-likeness (QED) is 0.685.